The summed E-state index contributed by atoms with van der Waals surface area (Å²) in [6.07, 6.45) is 1.80. The van der Waals surface area contributed by atoms with Crippen LogP contribution in [0.2, 0.25) is 0 Å². The fourth-order valence-electron chi connectivity index (χ4n) is 2.03. The van der Waals surface area contributed by atoms with E-state index in [0.717, 1.165) is 12.3 Å². The molecule has 1 fully saturated rings. The molecule has 1 aromatic heterocycles. The molecule has 0 aromatic carbocycles. The van der Waals surface area contributed by atoms with Crippen molar-refractivity contribution in [3.8, 4) is 0 Å². The molecule has 18 heavy (non-hydrogen) atoms. The molecule has 0 saturated carbocycles. The number of morpholine rings is 1. The maximum Gasteiger partial charge on any atom is 0.234 e. The first-order valence-corrected chi connectivity index (χ1v) is 6.30. The van der Waals surface area contributed by atoms with Gasteiger partial charge in [0, 0.05) is 12.6 Å². The number of carbonyl (C=O) groups is 1. The third-order valence-corrected chi connectivity index (χ3v) is 3.12. The van der Waals surface area contributed by atoms with E-state index in [-0.39, 0.29) is 18.1 Å². The molecular weight excluding hydrogens is 232 g/mol. The number of amides is 1. The van der Waals surface area contributed by atoms with Crippen LogP contribution in [0, 0.1) is 0 Å². The van der Waals surface area contributed by atoms with Crippen LogP contribution < -0.4 is 5.32 Å². The van der Waals surface area contributed by atoms with Gasteiger partial charge in [-0.3, -0.25) is 9.69 Å². The molecule has 5 nitrogen and oxygen atoms in total. The monoisotopic (exact) mass is 252 g/mol. The summed E-state index contributed by atoms with van der Waals surface area (Å²) >= 11 is 0. The SMILES string of the molecule is C[C@@H]1CN(CC(=O)NCc2ccco2)[C@@H](C)CO1. The van der Waals surface area contributed by atoms with Gasteiger partial charge in [0.05, 0.1) is 32.1 Å². The van der Waals surface area contributed by atoms with E-state index in [9.17, 15) is 4.79 Å². The lowest BCUT2D eigenvalue weighted by Crippen LogP contribution is -2.50. The lowest BCUT2D eigenvalue weighted by molar-refractivity contribution is -0.126. The minimum Gasteiger partial charge on any atom is -0.467 e. The van der Waals surface area contributed by atoms with E-state index in [2.05, 4.69) is 17.1 Å². The zero-order valence-electron chi connectivity index (χ0n) is 10.9. The summed E-state index contributed by atoms with van der Waals surface area (Å²) in [6.45, 7) is 6.45. The number of furan rings is 1. The largest absolute Gasteiger partial charge is 0.467 e. The minimum atomic E-state index is 0.0207. The Kier molecular flexibility index (Phi) is 4.38. The number of nitrogens with one attached hydrogen (secondary N) is 1. The summed E-state index contributed by atoms with van der Waals surface area (Å²) in [5.74, 6) is 0.791. The van der Waals surface area contributed by atoms with Gasteiger partial charge in [-0.25, -0.2) is 0 Å². The van der Waals surface area contributed by atoms with Crippen LogP contribution in [0.25, 0.3) is 0 Å². The average molecular weight is 252 g/mol. The second-order valence-electron chi connectivity index (χ2n) is 4.78. The summed E-state index contributed by atoms with van der Waals surface area (Å²) in [7, 11) is 0. The zero-order valence-corrected chi connectivity index (χ0v) is 10.9. The molecule has 1 aromatic rings. The summed E-state index contributed by atoms with van der Waals surface area (Å²) in [6, 6.07) is 3.95. The van der Waals surface area contributed by atoms with Crippen LogP contribution in [0.5, 0.6) is 0 Å². The molecule has 0 aliphatic carbocycles. The normalized spacial score (nSPS) is 25.0. The molecule has 5 heteroatoms. The van der Waals surface area contributed by atoms with Crippen LogP contribution in [0.3, 0.4) is 0 Å². The van der Waals surface area contributed by atoms with Crippen molar-refractivity contribution in [1.82, 2.24) is 10.2 Å². The molecular formula is C13H20N2O3. The van der Waals surface area contributed by atoms with E-state index < -0.39 is 0 Å². The molecule has 1 N–H and O–H groups in total. The molecule has 1 aliphatic rings. The van der Waals surface area contributed by atoms with Gasteiger partial charge in [0.1, 0.15) is 5.76 Å². The Labute approximate surface area is 107 Å². The first-order valence-electron chi connectivity index (χ1n) is 6.30. The highest BCUT2D eigenvalue weighted by Gasteiger charge is 2.24. The van der Waals surface area contributed by atoms with Crippen LogP contribution >= 0.6 is 0 Å². The van der Waals surface area contributed by atoms with Crippen LogP contribution in [-0.4, -0.2) is 42.6 Å². The fourth-order valence-corrected chi connectivity index (χ4v) is 2.03. The molecule has 0 radical (unpaired) electrons. The second-order valence-corrected chi connectivity index (χ2v) is 4.78. The number of ether oxygens (including phenoxy) is 1. The van der Waals surface area contributed by atoms with E-state index in [1.807, 2.05) is 19.1 Å². The predicted octanol–water partition coefficient (Wildman–Crippen LogP) is 1.00. The molecule has 1 amide bonds. The third kappa shape index (κ3) is 3.58. The molecule has 2 rings (SSSR count). The summed E-state index contributed by atoms with van der Waals surface area (Å²) < 4.78 is 10.7. The van der Waals surface area contributed by atoms with Gasteiger partial charge in [-0.15, -0.1) is 0 Å². The van der Waals surface area contributed by atoms with Gasteiger partial charge in [0.25, 0.3) is 0 Å². The standard InChI is InChI=1S/C13H20N2O3/c1-10-9-18-11(2)7-15(10)8-13(16)14-6-12-4-3-5-17-12/h3-5,10-11H,6-9H2,1-2H3,(H,14,16)/t10-,11+/m0/s1. The highest BCUT2D eigenvalue weighted by molar-refractivity contribution is 5.78. The topological polar surface area (TPSA) is 54.7 Å². The van der Waals surface area contributed by atoms with Gasteiger partial charge in [0.2, 0.25) is 5.91 Å². The molecule has 0 unspecified atom stereocenters. The highest BCUT2D eigenvalue weighted by Crippen LogP contribution is 2.10. The Bertz CT molecular complexity index is 378. The van der Waals surface area contributed by atoms with Crippen molar-refractivity contribution < 1.29 is 13.9 Å². The molecule has 0 spiro atoms. The molecule has 2 atom stereocenters. The van der Waals surface area contributed by atoms with Gasteiger partial charge in [-0.2, -0.15) is 0 Å². The number of rotatable bonds is 4. The van der Waals surface area contributed by atoms with Crippen molar-refractivity contribution in [3.05, 3.63) is 24.2 Å². The summed E-state index contributed by atoms with van der Waals surface area (Å²) in [5, 5.41) is 2.85. The van der Waals surface area contributed by atoms with E-state index in [1.165, 1.54) is 0 Å². The smallest absolute Gasteiger partial charge is 0.234 e. The maximum atomic E-state index is 11.8. The fraction of sp³-hybridized carbons (Fsp3) is 0.615. The number of nitrogens with zero attached hydrogens (tertiary/aromatic N) is 1. The van der Waals surface area contributed by atoms with E-state index in [4.69, 9.17) is 9.15 Å². The Hall–Kier alpha value is -1.33. The van der Waals surface area contributed by atoms with Crippen molar-refractivity contribution in [2.24, 2.45) is 0 Å². The van der Waals surface area contributed by atoms with Crippen molar-refractivity contribution in [1.29, 1.82) is 0 Å². The van der Waals surface area contributed by atoms with Gasteiger partial charge in [-0.1, -0.05) is 0 Å². The van der Waals surface area contributed by atoms with E-state index in [1.54, 1.807) is 6.26 Å². The zero-order chi connectivity index (χ0) is 13.0. The predicted molar refractivity (Wildman–Crippen MR) is 67.0 cm³/mol. The van der Waals surface area contributed by atoms with Crippen LogP contribution in [-0.2, 0) is 16.1 Å². The van der Waals surface area contributed by atoms with E-state index >= 15 is 0 Å². The van der Waals surface area contributed by atoms with Crippen LogP contribution in [0.15, 0.2) is 22.8 Å². The van der Waals surface area contributed by atoms with Gasteiger partial charge in [0.15, 0.2) is 0 Å². The van der Waals surface area contributed by atoms with Gasteiger partial charge >= 0.3 is 0 Å². The highest BCUT2D eigenvalue weighted by atomic mass is 16.5. The lowest BCUT2D eigenvalue weighted by atomic mass is 10.2. The van der Waals surface area contributed by atoms with Crippen molar-refractivity contribution in [3.63, 3.8) is 0 Å². The van der Waals surface area contributed by atoms with E-state index in [0.29, 0.717) is 19.7 Å². The molecule has 0 bridgehead atoms. The van der Waals surface area contributed by atoms with Crippen molar-refractivity contribution in [2.45, 2.75) is 32.5 Å². The van der Waals surface area contributed by atoms with Crippen molar-refractivity contribution in [2.75, 3.05) is 19.7 Å². The molecule has 100 valence electrons. The Balaban J connectivity index is 1.76. The first kappa shape index (κ1) is 13.1. The maximum absolute atomic E-state index is 11.8. The Morgan fingerprint density at radius 2 is 2.39 bits per heavy atom. The van der Waals surface area contributed by atoms with Gasteiger partial charge in [-0.05, 0) is 26.0 Å². The van der Waals surface area contributed by atoms with Crippen LogP contribution in [0.1, 0.15) is 19.6 Å². The Morgan fingerprint density at radius 3 is 3.11 bits per heavy atom. The van der Waals surface area contributed by atoms with Crippen LogP contribution in [0.4, 0.5) is 0 Å². The summed E-state index contributed by atoms with van der Waals surface area (Å²) in [5.41, 5.74) is 0. The van der Waals surface area contributed by atoms with Crippen molar-refractivity contribution >= 4 is 5.91 Å². The number of carbonyl (C=O) groups excluding carboxylic acids is 1. The van der Waals surface area contributed by atoms with Gasteiger partial charge < -0.3 is 14.5 Å². The lowest BCUT2D eigenvalue weighted by Gasteiger charge is -2.36. The average Bonchev–Trinajstić information content (AvgIpc) is 2.84. The first-order chi connectivity index (χ1) is 8.65. The Morgan fingerprint density at radius 1 is 1.56 bits per heavy atom. The molecule has 2 heterocycles. The molecule has 1 aliphatic heterocycles. The second kappa shape index (κ2) is 6.02. The number of hydrogen-bond acceptors (Lipinski definition) is 4. The quantitative estimate of drug-likeness (QED) is 0.868. The molecule has 1 saturated heterocycles. The third-order valence-electron chi connectivity index (χ3n) is 3.12. The summed E-state index contributed by atoms with van der Waals surface area (Å²) in [4.78, 5) is 14.0. The minimum absolute atomic E-state index is 0.0207. The number of hydrogen-bond donors (Lipinski definition) is 1.